The molecule has 1 fully saturated rings. The standard InChI is InChI=1S/C17H23N5O3/c1-19-8-4-6-11(19)12-7-5-9-22(12)10-13(23)14-15(18)20(2)17(25)21(3)16(14)24/h4,6,8,12H,5,7,9-10,18H2,1-3H3/t12-/m1/s1. The first kappa shape index (κ1) is 17.2. The molecule has 8 nitrogen and oxygen atoms in total. The lowest BCUT2D eigenvalue weighted by Crippen LogP contribution is -2.43. The quantitative estimate of drug-likeness (QED) is 0.789. The van der Waals surface area contributed by atoms with E-state index >= 15 is 0 Å². The van der Waals surface area contributed by atoms with E-state index in [2.05, 4.69) is 4.90 Å². The Kier molecular flexibility index (Phi) is 4.38. The van der Waals surface area contributed by atoms with Gasteiger partial charge in [-0.15, -0.1) is 0 Å². The molecule has 1 atom stereocenters. The van der Waals surface area contributed by atoms with Gasteiger partial charge in [0.05, 0.1) is 12.6 Å². The zero-order valence-corrected chi connectivity index (χ0v) is 14.7. The average molecular weight is 345 g/mol. The first-order valence-corrected chi connectivity index (χ1v) is 8.27. The van der Waals surface area contributed by atoms with Gasteiger partial charge >= 0.3 is 5.69 Å². The highest BCUT2D eigenvalue weighted by Crippen LogP contribution is 2.31. The minimum absolute atomic E-state index is 0.0762. The number of anilines is 1. The Morgan fingerprint density at radius 2 is 1.96 bits per heavy atom. The van der Waals surface area contributed by atoms with E-state index < -0.39 is 11.2 Å². The predicted octanol–water partition coefficient (Wildman–Crippen LogP) is 0.0245. The fourth-order valence-electron chi connectivity index (χ4n) is 3.56. The Hall–Kier alpha value is -2.61. The molecule has 2 aromatic heterocycles. The lowest BCUT2D eigenvalue weighted by molar-refractivity contribution is 0.0917. The highest BCUT2D eigenvalue weighted by Gasteiger charge is 2.31. The monoisotopic (exact) mass is 345 g/mol. The van der Waals surface area contributed by atoms with Crippen molar-refractivity contribution in [3.05, 3.63) is 50.4 Å². The summed E-state index contributed by atoms with van der Waals surface area (Å²) in [6.07, 6.45) is 3.93. The Morgan fingerprint density at radius 1 is 1.24 bits per heavy atom. The van der Waals surface area contributed by atoms with Gasteiger partial charge in [-0.25, -0.2) is 4.79 Å². The second-order valence-corrected chi connectivity index (χ2v) is 6.56. The summed E-state index contributed by atoms with van der Waals surface area (Å²) in [5.74, 6) is -0.428. The van der Waals surface area contributed by atoms with Gasteiger partial charge in [0.1, 0.15) is 11.4 Å². The summed E-state index contributed by atoms with van der Waals surface area (Å²) < 4.78 is 4.10. The van der Waals surface area contributed by atoms with Gasteiger partial charge in [0.2, 0.25) is 0 Å². The van der Waals surface area contributed by atoms with Crippen LogP contribution in [0.2, 0.25) is 0 Å². The number of hydrogen-bond acceptors (Lipinski definition) is 5. The summed E-state index contributed by atoms with van der Waals surface area (Å²) in [5, 5.41) is 0. The molecule has 2 aromatic rings. The van der Waals surface area contributed by atoms with Crippen molar-refractivity contribution in [2.75, 3.05) is 18.8 Å². The van der Waals surface area contributed by atoms with Crippen molar-refractivity contribution in [1.29, 1.82) is 0 Å². The molecule has 0 radical (unpaired) electrons. The lowest BCUT2D eigenvalue weighted by atomic mass is 10.1. The van der Waals surface area contributed by atoms with Crippen LogP contribution in [0.15, 0.2) is 27.9 Å². The Morgan fingerprint density at radius 3 is 2.60 bits per heavy atom. The van der Waals surface area contributed by atoms with Crippen LogP contribution < -0.4 is 17.0 Å². The number of carbonyl (C=O) groups excluding carboxylic acids is 1. The highest BCUT2D eigenvalue weighted by molar-refractivity contribution is 6.01. The van der Waals surface area contributed by atoms with Gasteiger partial charge in [0, 0.05) is 33.0 Å². The zero-order chi connectivity index (χ0) is 18.3. The van der Waals surface area contributed by atoms with Crippen molar-refractivity contribution >= 4 is 11.6 Å². The third kappa shape index (κ3) is 2.82. The van der Waals surface area contributed by atoms with E-state index in [9.17, 15) is 14.4 Å². The van der Waals surface area contributed by atoms with Gasteiger partial charge in [-0.05, 0) is 31.5 Å². The maximum Gasteiger partial charge on any atom is 0.332 e. The molecule has 134 valence electrons. The minimum atomic E-state index is -0.639. The van der Waals surface area contributed by atoms with E-state index in [0.29, 0.717) is 0 Å². The van der Waals surface area contributed by atoms with Gasteiger partial charge in [0.25, 0.3) is 5.56 Å². The first-order valence-electron chi connectivity index (χ1n) is 8.27. The molecule has 2 N–H and O–H groups in total. The summed E-state index contributed by atoms with van der Waals surface area (Å²) in [4.78, 5) is 39.1. The van der Waals surface area contributed by atoms with E-state index in [0.717, 1.165) is 34.2 Å². The van der Waals surface area contributed by atoms with Crippen molar-refractivity contribution < 1.29 is 4.79 Å². The Balaban J connectivity index is 1.92. The molecular formula is C17H23N5O3. The van der Waals surface area contributed by atoms with Crippen LogP contribution in [0, 0.1) is 0 Å². The fourth-order valence-corrected chi connectivity index (χ4v) is 3.56. The van der Waals surface area contributed by atoms with Crippen LogP contribution in [0.1, 0.15) is 34.9 Å². The van der Waals surface area contributed by atoms with E-state index in [1.807, 2.05) is 29.9 Å². The van der Waals surface area contributed by atoms with Gasteiger partial charge in [-0.1, -0.05) is 0 Å². The number of likely N-dealkylation sites (tertiary alicyclic amines) is 1. The van der Waals surface area contributed by atoms with Crippen molar-refractivity contribution in [2.24, 2.45) is 21.1 Å². The number of nitrogens with zero attached hydrogens (tertiary/aromatic N) is 4. The summed E-state index contributed by atoms with van der Waals surface area (Å²) in [7, 11) is 4.79. The number of nitrogen functional groups attached to an aromatic ring is 1. The molecule has 3 rings (SSSR count). The molecule has 0 amide bonds. The fraction of sp³-hybridized carbons (Fsp3) is 0.471. The summed E-state index contributed by atoms with van der Waals surface area (Å²) >= 11 is 0. The number of aromatic nitrogens is 3. The molecule has 0 aromatic carbocycles. The van der Waals surface area contributed by atoms with Crippen LogP contribution in [0.5, 0.6) is 0 Å². The van der Waals surface area contributed by atoms with E-state index in [-0.39, 0.29) is 29.8 Å². The molecule has 0 unspecified atom stereocenters. The van der Waals surface area contributed by atoms with Crippen molar-refractivity contribution in [3.63, 3.8) is 0 Å². The number of carbonyl (C=O) groups is 1. The smallest absolute Gasteiger partial charge is 0.332 e. The van der Waals surface area contributed by atoms with Gasteiger partial charge in [-0.3, -0.25) is 23.6 Å². The van der Waals surface area contributed by atoms with Crippen molar-refractivity contribution in [2.45, 2.75) is 18.9 Å². The van der Waals surface area contributed by atoms with Gasteiger partial charge in [-0.2, -0.15) is 0 Å². The Labute approximate surface area is 145 Å². The summed E-state index contributed by atoms with van der Waals surface area (Å²) in [6, 6.07) is 4.17. The largest absolute Gasteiger partial charge is 0.384 e. The van der Waals surface area contributed by atoms with Crippen LogP contribution in [0.3, 0.4) is 0 Å². The van der Waals surface area contributed by atoms with Crippen LogP contribution in [-0.4, -0.2) is 37.5 Å². The molecule has 1 saturated heterocycles. The van der Waals surface area contributed by atoms with E-state index in [4.69, 9.17) is 5.73 Å². The maximum absolute atomic E-state index is 12.8. The maximum atomic E-state index is 12.8. The predicted molar refractivity (Wildman–Crippen MR) is 94.6 cm³/mol. The lowest BCUT2D eigenvalue weighted by Gasteiger charge is -2.24. The normalized spacial score (nSPS) is 18.0. The molecular weight excluding hydrogens is 322 g/mol. The van der Waals surface area contributed by atoms with Crippen LogP contribution in [0.4, 0.5) is 5.82 Å². The third-order valence-corrected chi connectivity index (χ3v) is 5.02. The zero-order valence-electron chi connectivity index (χ0n) is 14.7. The molecule has 0 spiro atoms. The second-order valence-electron chi connectivity index (χ2n) is 6.56. The molecule has 8 heteroatoms. The number of aryl methyl sites for hydroxylation is 1. The first-order chi connectivity index (χ1) is 11.8. The number of rotatable bonds is 4. The molecule has 0 aliphatic carbocycles. The second kappa shape index (κ2) is 6.36. The summed E-state index contributed by atoms with van der Waals surface area (Å²) in [5.41, 5.74) is 5.75. The summed E-state index contributed by atoms with van der Waals surface area (Å²) in [6.45, 7) is 0.890. The Bertz CT molecular complexity index is 937. The molecule has 0 bridgehead atoms. The number of nitrogens with two attached hydrogens (primary N) is 1. The SMILES string of the molecule is Cn1cccc1[C@H]1CCCN1CC(=O)c1c(N)n(C)c(=O)n(C)c1=O. The van der Waals surface area contributed by atoms with Gasteiger partial charge in [0.15, 0.2) is 5.78 Å². The third-order valence-electron chi connectivity index (χ3n) is 5.02. The number of hydrogen-bond donors (Lipinski definition) is 1. The highest BCUT2D eigenvalue weighted by atomic mass is 16.2. The molecule has 1 aliphatic rings. The van der Waals surface area contributed by atoms with Crippen molar-refractivity contribution in [1.82, 2.24) is 18.6 Å². The topological polar surface area (TPSA) is 95.3 Å². The van der Waals surface area contributed by atoms with Crippen LogP contribution >= 0.6 is 0 Å². The van der Waals surface area contributed by atoms with Gasteiger partial charge < -0.3 is 10.3 Å². The van der Waals surface area contributed by atoms with Crippen LogP contribution in [0.25, 0.3) is 0 Å². The van der Waals surface area contributed by atoms with E-state index in [1.165, 1.54) is 14.1 Å². The van der Waals surface area contributed by atoms with Crippen molar-refractivity contribution in [3.8, 4) is 0 Å². The molecule has 1 aliphatic heterocycles. The average Bonchev–Trinajstić information content (AvgIpc) is 3.19. The molecule has 0 saturated carbocycles. The number of ketones is 1. The van der Waals surface area contributed by atoms with E-state index in [1.54, 1.807) is 0 Å². The minimum Gasteiger partial charge on any atom is -0.384 e. The molecule has 25 heavy (non-hydrogen) atoms. The van der Waals surface area contributed by atoms with Crippen LogP contribution in [-0.2, 0) is 21.1 Å². The number of Topliss-reactive ketones (excluding diaryl/α,β-unsaturated/α-hetero) is 1. The molecule has 3 heterocycles.